The van der Waals surface area contributed by atoms with Gasteiger partial charge in [0.05, 0.1) is 6.04 Å². The van der Waals surface area contributed by atoms with E-state index in [9.17, 15) is 4.39 Å². The third kappa shape index (κ3) is 4.24. The summed E-state index contributed by atoms with van der Waals surface area (Å²) >= 11 is 0. The molecular weight excluding hydrogens is 355 g/mol. The second-order valence-corrected chi connectivity index (χ2v) is 7.11. The zero-order valence-electron chi connectivity index (χ0n) is 16.0. The molecule has 0 bridgehead atoms. The first-order valence-corrected chi connectivity index (χ1v) is 9.58. The van der Waals surface area contributed by atoms with Crippen LogP contribution in [-0.4, -0.2) is 34.1 Å². The molecule has 6 heteroatoms. The van der Waals surface area contributed by atoms with Crippen molar-refractivity contribution in [1.29, 1.82) is 0 Å². The maximum absolute atomic E-state index is 13.8. The molecule has 1 aliphatic rings. The maximum Gasteiger partial charge on any atom is 0.129 e. The molecule has 3 aromatic rings. The Bertz CT molecular complexity index is 926. The van der Waals surface area contributed by atoms with E-state index in [4.69, 9.17) is 4.74 Å². The van der Waals surface area contributed by atoms with Gasteiger partial charge in [-0.05, 0) is 23.8 Å². The van der Waals surface area contributed by atoms with Gasteiger partial charge in [-0.1, -0.05) is 30.3 Å². The number of nitrogens with zero attached hydrogens (tertiary/aromatic N) is 3. The van der Waals surface area contributed by atoms with Gasteiger partial charge in [0, 0.05) is 51.2 Å². The van der Waals surface area contributed by atoms with Gasteiger partial charge in [-0.15, -0.1) is 0 Å². The second kappa shape index (κ2) is 8.54. The van der Waals surface area contributed by atoms with Gasteiger partial charge in [-0.25, -0.2) is 9.37 Å². The standard InChI is InChI=1S/C22H25FN4O/c1-26-11-10-25-22(26)21-14-24-9-12-27(21)15-17-5-4-7-19(13-17)28-16-18-6-2-3-8-20(18)23/h2-8,10-11,13,21,24H,9,12,14-16H2,1H3. The van der Waals surface area contributed by atoms with Gasteiger partial charge in [-0.2, -0.15) is 0 Å². The predicted octanol–water partition coefficient (Wildman–Crippen LogP) is 3.28. The van der Waals surface area contributed by atoms with Gasteiger partial charge in [0.25, 0.3) is 0 Å². The molecule has 5 nitrogen and oxygen atoms in total. The Morgan fingerprint density at radius 3 is 2.93 bits per heavy atom. The van der Waals surface area contributed by atoms with Gasteiger partial charge in [0.2, 0.25) is 0 Å². The Labute approximate surface area is 164 Å². The van der Waals surface area contributed by atoms with E-state index < -0.39 is 0 Å². The summed E-state index contributed by atoms with van der Waals surface area (Å²) in [6.45, 7) is 3.84. The lowest BCUT2D eigenvalue weighted by Crippen LogP contribution is -2.46. The van der Waals surface area contributed by atoms with Crippen LogP contribution in [-0.2, 0) is 20.2 Å². The van der Waals surface area contributed by atoms with Crippen molar-refractivity contribution in [2.75, 3.05) is 19.6 Å². The summed E-state index contributed by atoms with van der Waals surface area (Å²) in [5.41, 5.74) is 1.73. The number of hydrogen-bond donors (Lipinski definition) is 1. The highest BCUT2D eigenvalue weighted by Gasteiger charge is 2.26. The summed E-state index contributed by atoms with van der Waals surface area (Å²) in [6.07, 6.45) is 3.83. The number of ether oxygens (including phenoxy) is 1. The average Bonchev–Trinajstić information content (AvgIpc) is 3.14. The van der Waals surface area contributed by atoms with Crippen LogP contribution in [0.15, 0.2) is 60.9 Å². The molecular formula is C22H25FN4O. The van der Waals surface area contributed by atoms with Crippen molar-refractivity contribution < 1.29 is 9.13 Å². The molecule has 0 spiro atoms. The average molecular weight is 380 g/mol. The number of hydrogen-bond acceptors (Lipinski definition) is 4. The van der Waals surface area contributed by atoms with Gasteiger partial charge in [-0.3, -0.25) is 4.90 Å². The molecule has 0 saturated carbocycles. The van der Waals surface area contributed by atoms with Crippen molar-refractivity contribution >= 4 is 0 Å². The fourth-order valence-electron chi connectivity index (χ4n) is 3.63. The molecule has 1 atom stereocenters. The first kappa shape index (κ1) is 18.7. The van der Waals surface area contributed by atoms with Crippen molar-refractivity contribution in [1.82, 2.24) is 19.8 Å². The molecule has 0 amide bonds. The molecule has 2 aromatic carbocycles. The van der Waals surface area contributed by atoms with Gasteiger partial charge in [0.1, 0.15) is 24.0 Å². The number of aromatic nitrogens is 2. The smallest absolute Gasteiger partial charge is 0.129 e. The van der Waals surface area contributed by atoms with E-state index in [2.05, 4.69) is 25.8 Å². The minimum Gasteiger partial charge on any atom is -0.489 e. The Morgan fingerprint density at radius 2 is 2.11 bits per heavy atom. The molecule has 4 rings (SSSR count). The Morgan fingerprint density at radius 1 is 1.21 bits per heavy atom. The molecule has 28 heavy (non-hydrogen) atoms. The number of imidazole rings is 1. The molecule has 0 aliphatic carbocycles. The van der Waals surface area contributed by atoms with Crippen LogP contribution in [0.5, 0.6) is 5.75 Å². The van der Waals surface area contributed by atoms with Crippen LogP contribution in [0.3, 0.4) is 0 Å². The van der Waals surface area contributed by atoms with Crippen LogP contribution in [0.4, 0.5) is 4.39 Å². The van der Waals surface area contributed by atoms with Gasteiger partial charge >= 0.3 is 0 Å². The van der Waals surface area contributed by atoms with Crippen LogP contribution in [0.2, 0.25) is 0 Å². The van der Waals surface area contributed by atoms with E-state index in [1.807, 2.05) is 43.7 Å². The molecule has 0 radical (unpaired) electrons. The van der Waals surface area contributed by atoms with Crippen LogP contribution >= 0.6 is 0 Å². The normalized spacial score (nSPS) is 17.6. The van der Waals surface area contributed by atoms with Crippen LogP contribution < -0.4 is 10.1 Å². The van der Waals surface area contributed by atoms with Crippen molar-refractivity contribution in [3.8, 4) is 5.75 Å². The zero-order valence-corrected chi connectivity index (χ0v) is 16.0. The first-order valence-electron chi connectivity index (χ1n) is 9.58. The maximum atomic E-state index is 13.8. The van der Waals surface area contributed by atoms with E-state index in [1.54, 1.807) is 12.1 Å². The van der Waals surface area contributed by atoms with E-state index in [0.29, 0.717) is 5.56 Å². The number of rotatable bonds is 6. The fourth-order valence-corrected chi connectivity index (χ4v) is 3.63. The summed E-state index contributed by atoms with van der Waals surface area (Å²) < 4.78 is 21.7. The van der Waals surface area contributed by atoms with Crippen LogP contribution in [0.1, 0.15) is 23.0 Å². The lowest BCUT2D eigenvalue weighted by Gasteiger charge is -2.35. The molecule has 1 saturated heterocycles. The van der Waals surface area contributed by atoms with Gasteiger partial charge in [0.15, 0.2) is 0 Å². The Kier molecular flexibility index (Phi) is 5.69. The summed E-state index contributed by atoms with van der Waals surface area (Å²) in [7, 11) is 2.03. The van der Waals surface area contributed by atoms with E-state index >= 15 is 0 Å². The van der Waals surface area contributed by atoms with Crippen molar-refractivity contribution in [2.24, 2.45) is 7.05 Å². The monoisotopic (exact) mass is 380 g/mol. The predicted molar refractivity (Wildman–Crippen MR) is 106 cm³/mol. The van der Waals surface area contributed by atoms with Crippen molar-refractivity contribution in [3.05, 3.63) is 83.7 Å². The molecule has 1 aromatic heterocycles. The zero-order chi connectivity index (χ0) is 19.3. The van der Waals surface area contributed by atoms with E-state index in [0.717, 1.165) is 37.8 Å². The van der Waals surface area contributed by atoms with Crippen molar-refractivity contribution in [2.45, 2.75) is 19.2 Å². The molecule has 2 heterocycles. The minimum atomic E-state index is -0.239. The molecule has 146 valence electrons. The quantitative estimate of drug-likeness (QED) is 0.713. The number of piperazine rings is 1. The second-order valence-electron chi connectivity index (χ2n) is 7.11. The van der Waals surface area contributed by atoms with E-state index in [-0.39, 0.29) is 18.5 Å². The Hall–Kier alpha value is -2.70. The molecule has 1 aliphatic heterocycles. The third-order valence-corrected chi connectivity index (χ3v) is 5.15. The number of aryl methyl sites for hydroxylation is 1. The molecule has 1 N–H and O–H groups in total. The topological polar surface area (TPSA) is 42.3 Å². The fraction of sp³-hybridized carbons (Fsp3) is 0.318. The van der Waals surface area contributed by atoms with E-state index in [1.165, 1.54) is 11.6 Å². The van der Waals surface area contributed by atoms with Gasteiger partial charge < -0.3 is 14.6 Å². The molecule has 1 unspecified atom stereocenters. The van der Waals surface area contributed by atoms with Crippen LogP contribution in [0.25, 0.3) is 0 Å². The Balaban J connectivity index is 1.45. The summed E-state index contributed by atoms with van der Waals surface area (Å²) in [5.74, 6) is 1.58. The summed E-state index contributed by atoms with van der Waals surface area (Å²) in [4.78, 5) is 6.98. The van der Waals surface area contributed by atoms with Crippen LogP contribution in [0, 0.1) is 5.82 Å². The highest BCUT2D eigenvalue weighted by Crippen LogP contribution is 2.24. The third-order valence-electron chi connectivity index (χ3n) is 5.15. The lowest BCUT2D eigenvalue weighted by molar-refractivity contribution is 0.144. The van der Waals surface area contributed by atoms with Crippen molar-refractivity contribution in [3.63, 3.8) is 0 Å². The largest absolute Gasteiger partial charge is 0.489 e. The number of nitrogens with one attached hydrogen (secondary N) is 1. The minimum absolute atomic E-state index is 0.222. The summed E-state index contributed by atoms with van der Waals surface area (Å²) in [5, 5.41) is 3.47. The molecule has 1 fully saturated rings. The number of benzene rings is 2. The first-order chi connectivity index (χ1) is 13.7. The summed E-state index contributed by atoms with van der Waals surface area (Å²) in [6, 6.07) is 15.0. The number of halogens is 1. The SMILES string of the molecule is Cn1ccnc1C1CNCCN1Cc1cccc(OCc2ccccc2F)c1. The highest BCUT2D eigenvalue weighted by molar-refractivity contribution is 5.29. The highest BCUT2D eigenvalue weighted by atomic mass is 19.1. The lowest BCUT2D eigenvalue weighted by atomic mass is 10.1.